The molecule has 1 aromatic heterocycles. The minimum absolute atomic E-state index is 0.0158. The fraction of sp³-hybridized carbons (Fsp3) is 0.520. The van der Waals surface area contributed by atoms with E-state index in [2.05, 4.69) is 19.9 Å². The van der Waals surface area contributed by atoms with Crippen LogP contribution in [0.4, 0.5) is 0 Å². The van der Waals surface area contributed by atoms with Gasteiger partial charge in [0.05, 0.1) is 25.2 Å². The van der Waals surface area contributed by atoms with Gasteiger partial charge in [-0.05, 0) is 29.0 Å². The molecule has 2 saturated heterocycles. The Hall–Kier alpha value is -2.22. The molecule has 170 valence electrons. The van der Waals surface area contributed by atoms with Crippen molar-refractivity contribution in [3.05, 3.63) is 57.8 Å². The standard InChI is InChI=1S/C25H30N2O4S/c1-17(2)16-27-22(20-8-5-15-32-20)21(18-6-3-4-7-19(18)23(27)28)24(29)26-11-9-25(10-12-26)30-13-14-31-25/h3-8,15,17,21-22H,9-14,16H2,1-2H3. The number of fused-ring (bicyclic) bond motifs is 1. The third kappa shape index (κ3) is 3.76. The first-order valence-electron chi connectivity index (χ1n) is 11.5. The average Bonchev–Trinajstić information content (AvgIpc) is 3.48. The first-order valence-corrected chi connectivity index (χ1v) is 12.4. The molecule has 3 aliphatic heterocycles. The summed E-state index contributed by atoms with van der Waals surface area (Å²) in [5.41, 5.74) is 1.49. The van der Waals surface area contributed by atoms with E-state index in [0.717, 1.165) is 10.4 Å². The lowest BCUT2D eigenvalue weighted by Crippen LogP contribution is -2.52. The van der Waals surface area contributed by atoms with Crippen LogP contribution in [0.1, 0.15) is 59.4 Å². The van der Waals surface area contributed by atoms with Crippen molar-refractivity contribution in [1.29, 1.82) is 0 Å². The minimum Gasteiger partial charge on any atom is -0.347 e. The molecule has 2 amide bonds. The van der Waals surface area contributed by atoms with Crippen LogP contribution in [0.15, 0.2) is 41.8 Å². The number of rotatable bonds is 4. The number of benzene rings is 1. The number of thiophene rings is 1. The molecule has 32 heavy (non-hydrogen) atoms. The molecule has 2 atom stereocenters. The van der Waals surface area contributed by atoms with Crippen LogP contribution in [0.5, 0.6) is 0 Å². The van der Waals surface area contributed by atoms with Gasteiger partial charge in [0.1, 0.15) is 0 Å². The summed E-state index contributed by atoms with van der Waals surface area (Å²) in [7, 11) is 0. The molecule has 5 rings (SSSR count). The van der Waals surface area contributed by atoms with E-state index >= 15 is 0 Å². The predicted octanol–water partition coefficient (Wildman–Crippen LogP) is 4.05. The molecular weight excluding hydrogens is 424 g/mol. The van der Waals surface area contributed by atoms with Gasteiger partial charge in [-0.2, -0.15) is 0 Å². The molecule has 2 unspecified atom stereocenters. The van der Waals surface area contributed by atoms with Gasteiger partial charge in [-0.1, -0.05) is 38.1 Å². The third-order valence-electron chi connectivity index (χ3n) is 6.75. The summed E-state index contributed by atoms with van der Waals surface area (Å²) in [6.45, 7) is 7.29. The van der Waals surface area contributed by atoms with Crippen LogP contribution < -0.4 is 0 Å². The molecule has 7 heteroatoms. The molecule has 4 heterocycles. The van der Waals surface area contributed by atoms with Gasteiger partial charge < -0.3 is 19.3 Å². The first kappa shape index (κ1) is 21.6. The lowest BCUT2D eigenvalue weighted by atomic mass is 9.80. The number of nitrogens with zero attached hydrogens (tertiary/aromatic N) is 2. The van der Waals surface area contributed by atoms with Crippen LogP contribution >= 0.6 is 11.3 Å². The number of carbonyl (C=O) groups is 2. The summed E-state index contributed by atoms with van der Waals surface area (Å²) in [5.74, 6) is -0.532. The van der Waals surface area contributed by atoms with Gasteiger partial charge >= 0.3 is 0 Å². The van der Waals surface area contributed by atoms with E-state index < -0.39 is 11.7 Å². The summed E-state index contributed by atoms with van der Waals surface area (Å²) in [6, 6.07) is 11.4. The second-order valence-corrected chi connectivity index (χ2v) is 10.3. The van der Waals surface area contributed by atoms with Crippen molar-refractivity contribution in [1.82, 2.24) is 9.80 Å². The molecule has 6 nitrogen and oxygen atoms in total. The van der Waals surface area contributed by atoms with E-state index in [1.165, 1.54) is 0 Å². The van der Waals surface area contributed by atoms with Gasteiger partial charge in [0.2, 0.25) is 5.91 Å². The Kier molecular flexibility index (Phi) is 5.82. The topological polar surface area (TPSA) is 59.1 Å². The molecule has 2 fully saturated rings. The molecule has 3 aliphatic rings. The highest BCUT2D eigenvalue weighted by Crippen LogP contribution is 2.46. The number of carbonyl (C=O) groups excluding carboxylic acids is 2. The van der Waals surface area contributed by atoms with Crippen molar-refractivity contribution in [2.45, 2.75) is 44.4 Å². The molecular formula is C25H30N2O4S. The number of hydrogen-bond donors (Lipinski definition) is 0. The number of likely N-dealkylation sites (tertiary alicyclic amines) is 1. The van der Waals surface area contributed by atoms with Gasteiger partial charge in [-0.15, -0.1) is 11.3 Å². The zero-order valence-corrected chi connectivity index (χ0v) is 19.5. The normalized spacial score (nSPS) is 24.9. The lowest BCUT2D eigenvalue weighted by molar-refractivity contribution is -0.188. The average molecular weight is 455 g/mol. The molecule has 0 aliphatic carbocycles. The minimum atomic E-state index is -0.520. The summed E-state index contributed by atoms with van der Waals surface area (Å²) in [5, 5.41) is 2.02. The van der Waals surface area contributed by atoms with Crippen molar-refractivity contribution < 1.29 is 19.1 Å². The highest BCUT2D eigenvalue weighted by molar-refractivity contribution is 7.10. The van der Waals surface area contributed by atoms with Gasteiger partial charge in [0, 0.05) is 42.9 Å². The number of hydrogen-bond acceptors (Lipinski definition) is 5. The van der Waals surface area contributed by atoms with Crippen LogP contribution in [0.2, 0.25) is 0 Å². The Morgan fingerprint density at radius 1 is 1.12 bits per heavy atom. The van der Waals surface area contributed by atoms with Crippen LogP contribution in [-0.4, -0.2) is 60.2 Å². The van der Waals surface area contributed by atoms with Gasteiger partial charge in [-0.25, -0.2) is 0 Å². The summed E-state index contributed by atoms with van der Waals surface area (Å²) in [6.07, 6.45) is 1.37. The summed E-state index contributed by atoms with van der Waals surface area (Å²) < 4.78 is 11.7. The predicted molar refractivity (Wildman–Crippen MR) is 123 cm³/mol. The Morgan fingerprint density at radius 2 is 1.84 bits per heavy atom. The second-order valence-electron chi connectivity index (χ2n) is 9.31. The van der Waals surface area contributed by atoms with Crippen molar-refractivity contribution in [3.63, 3.8) is 0 Å². The maximum Gasteiger partial charge on any atom is 0.254 e. The smallest absolute Gasteiger partial charge is 0.254 e. The fourth-order valence-electron chi connectivity index (χ4n) is 5.28. The van der Waals surface area contributed by atoms with Crippen LogP contribution in [0.3, 0.4) is 0 Å². The Labute approximate surface area is 193 Å². The SMILES string of the molecule is CC(C)CN1C(=O)c2ccccc2C(C(=O)N2CCC3(CC2)OCCO3)C1c1cccs1. The third-order valence-corrected chi connectivity index (χ3v) is 7.69. The fourth-order valence-corrected chi connectivity index (χ4v) is 6.15. The zero-order chi connectivity index (χ0) is 22.3. The molecule has 0 saturated carbocycles. The maximum absolute atomic E-state index is 14.1. The van der Waals surface area contributed by atoms with Crippen LogP contribution in [-0.2, 0) is 14.3 Å². The van der Waals surface area contributed by atoms with Crippen molar-refractivity contribution in [2.75, 3.05) is 32.8 Å². The van der Waals surface area contributed by atoms with E-state index in [0.29, 0.717) is 57.2 Å². The van der Waals surface area contributed by atoms with E-state index in [4.69, 9.17) is 9.47 Å². The molecule has 1 aromatic carbocycles. The van der Waals surface area contributed by atoms with Gasteiger partial charge in [0.25, 0.3) is 5.91 Å². The van der Waals surface area contributed by atoms with Gasteiger partial charge in [-0.3, -0.25) is 9.59 Å². The molecule has 2 aromatic rings. The molecule has 0 N–H and O–H groups in total. The largest absolute Gasteiger partial charge is 0.347 e. The lowest BCUT2D eigenvalue weighted by Gasteiger charge is -2.45. The van der Waals surface area contributed by atoms with E-state index in [1.807, 2.05) is 45.5 Å². The van der Waals surface area contributed by atoms with Crippen LogP contribution in [0.25, 0.3) is 0 Å². The van der Waals surface area contributed by atoms with Crippen molar-refractivity contribution >= 4 is 23.2 Å². The van der Waals surface area contributed by atoms with E-state index in [-0.39, 0.29) is 17.9 Å². The van der Waals surface area contributed by atoms with Crippen LogP contribution in [0, 0.1) is 5.92 Å². The summed E-state index contributed by atoms with van der Waals surface area (Å²) in [4.78, 5) is 32.5. The Morgan fingerprint density at radius 3 is 2.50 bits per heavy atom. The highest BCUT2D eigenvalue weighted by atomic mass is 32.1. The Balaban J connectivity index is 1.52. The van der Waals surface area contributed by atoms with Gasteiger partial charge in [0.15, 0.2) is 5.79 Å². The quantitative estimate of drug-likeness (QED) is 0.699. The number of amides is 2. The molecule has 0 radical (unpaired) electrons. The van der Waals surface area contributed by atoms with E-state index in [1.54, 1.807) is 11.3 Å². The molecule has 1 spiro atoms. The molecule has 0 bridgehead atoms. The number of ether oxygens (including phenoxy) is 2. The monoisotopic (exact) mass is 454 g/mol. The van der Waals surface area contributed by atoms with E-state index in [9.17, 15) is 9.59 Å². The summed E-state index contributed by atoms with van der Waals surface area (Å²) >= 11 is 1.62. The highest BCUT2D eigenvalue weighted by Gasteiger charge is 2.48. The number of piperidine rings is 1. The first-order chi connectivity index (χ1) is 15.5. The van der Waals surface area contributed by atoms with Crippen molar-refractivity contribution in [2.24, 2.45) is 5.92 Å². The van der Waals surface area contributed by atoms with Crippen molar-refractivity contribution in [3.8, 4) is 0 Å². The Bertz CT molecular complexity index is 974. The zero-order valence-electron chi connectivity index (χ0n) is 18.7. The maximum atomic E-state index is 14.1. The second kappa shape index (κ2) is 8.61.